The second-order valence-electron chi connectivity index (χ2n) is 6.11. The largest absolute Gasteiger partial charge is 0.469 e. The highest BCUT2D eigenvalue weighted by Crippen LogP contribution is 2.22. The van der Waals surface area contributed by atoms with Crippen LogP contribution in [-0.4, -0.2) is 74.0 Å². The van der Waals surface area contributed by atoms with Crippen molar-refractivity contribution in [3.63, 3.8) is 0 Å². The number of methoxy groups -OCH3 is 2. The van der Waals surface area contributed by atoms with E-state index < -0.39 is 5.97 Å². The Balaban J connectivity index is 1.87. The Morgan fingerprint density at radius 1 is 1.00 bits per heavy atom. The third kappa shape index (κ3) is 5.13. The van der Waals surface area contributed by atoms with Gasteiger partial charge in [0.2, 0.25) is 5.91 Å². The van der Waals surface area contributed by atoms with Crippen molar-refractivity contribution in [2.24, 2.45) is 0 Å². The first kappa shape index (κ1) is 20.6. The Morgan fingerprint density at radius 3 is 2.19 bits per heavy atom. The fraction of sp³-hybridized carbons (Fsp3) is 0.474. The van der Waals surface area contributed by atoms with E-state index in [0.717, 1.165) is 0 Å². The molecule has 0 atom stereocenters. The summed E-state index contributed by atoms with van der Waals surface area (Å²) in [6.45, 7) is 1.12. The molecule has 8 nitrogen and oxygen atoms in total. The Bertz CT molecular complexity index is 683. The third-order valence-electron chi connectivity index (χ3n) is 4.38. The maximum absolute atomic E-state index is 12.4. The minimum atomic E-state index is -0.392. The van der Waals surface area contributed by atoms with Crippen LogP contribution in [0.15, 0.2) is 24.3 Å². The number of fused-ring (bicyclic) bond motifs is 1. The molecule has 0 N–H and O–H groups in total. The second-order valence-corrected chi connectivity index (χ2v) is 6.11. The van der Waals surface area contributed by atoms with E-state index >= 15 is 0 Å². The van der Waals surface area contributed by atoms with Gasteiger partial charge in [-0.3, -0.25) is 24.1 Å². The van der Waals surface area contributed by atoms with Gasteiger partial charge in [0, 0.05) is 33.2 Å². The molecule has 1 aliphatic heterocycles. The highest BCUT2D eigenvalue weighted by molar-refractivity contribution is 6.21. The van der Waals surface area contributed by atoms with Crippen molar-refractivity contribution in [1.29, 1.82) is 0 Å². The van der Waals surface area contributed by atoms with Crippen molar-refractivity contribution in [2.45, 2.75) is 19.3 Å². The molecule has 146 valence electrons. The van der Waals surface area contributed by atoms with Gasteiger partial charge in [0.25, 0.3) is 11.8 Å². The van der Waals surface area contributed by atoms with Gasteiger partial charge in [0.1, 0.15) is 0 Å². The zero-order chi connectivity index (χ0) is 19.8. The van der Waals surface area contributed by atoms with Crippen LogP contribution in [0.2, 0.25) is 0 Å². The molecule has 1 aromatic carbocycles. The molecule has 1 aliphatic rings. The molecule has 0 unspecified atom stereocenters. The van der Waals surface area contributed by atoms with Crippen LogP contribution in [-0.2, 0) is 19.1 Å². The number of esters is 1. The van der Waals surface area contributed by atoms with Gasteiger partial charge in [-0.05, 0) is 18.6 Å². The number of amides is 3. The lowest BCUT2D eigenvalue weighted by atomic mass is 10.1. The summed E-state index contributed by atoms with van der Waals surface area (Å²) in [5.74, 6) is -1.21. The van der Waals surface area contributed by atoms with Gasteiger partial charge in [-0.25, -0.2) is 0 Å². The quantitative estimate of drug-likeness (QED) is 0.448. The van der Waals surface area contributed by atoms with Gasteiger partial charge in [-0.15, -0.1) is 0 Å². The van der Waals surface area contributed by atoms with Gasteiger partial charge in [0.15, 0.2) is 0 Å². The number of rotatable bonds is 10. The molecule has 2 rings (SSSR count). The first-order valence-corrected chi connectivity index (χ1v) is 8.78. The number of hydrogen-bond donors (Lipinski definition) is 0. The average molecular weight is 376 g/mol. The summed E-state index contributed by atoms with van der Waals surface area (Å²) in [6, 6.07) is 6.68. The predicted octanol–water partition coefficient (Wildman–Crippen LogP) is 1.10. The van der Waals surface area contributed by atoms with Crippen molar-refractivity contribution in [1.82, 2.24) is 9.80 Å². The van der Waals surface area contributed by atoms with Crippen LogP contribution in [0, 0.1) is 0 Å². The SMILES string of the molecule is COCCN(CCC(=O)OC)C(=O)CCCN1C(=O)c2ccccc2C1=O. The van der Waals surface area contributed by atoms with Crippen LogP contribution in [0.25, 0.3) is 0 Å². The maximum Gasteiger partial charge on any atom is 0.307 e. The highest BCUT2D eigenvalue weighted by atomic mass is 16.5. The Kier molecular flexibility index (Phi) is 7.48. The fourth-order valence-electron chi connectivity index (χ4n) is 2.88. The molecular formula is C19H24N2O6. The second kappa shape index (κ2) is 9.82. The van der Waals surface area contributed by atoms with E-state index in [1.807, 2.05) is 0 Å². The molecule has 1 aromatic rings. The lowest BCUT2D eigenvalue weighted by Gasteiger charge is -2.22. The number of carbonyl (C=O) groups is 4. The summed E-state index contributed by atoms with van der Waals surface area (Å²) in [4.78, 5) is 51.1. The Hall–Kier alpha value is -2.74. The number of imide groups is 1. The smallest absolute Gasteiger partial charge is 0.307 e. The summed E-state index contributed by atoms with van der Waals surface area (Å²) < 4.78 is 9.60. The molecule has 0 spiro atoms. The lowest BCUT2D eigenvalue weighted by molar-refractivity contribution is -0.142. The lowest BCUT2D eigenvalue weighted by Crippen LogP contribution is -2.37. The normalized spacial score (nSPS) is 12.9. The minimum absolute atomic E-state index is 0.102. The topological polar surface area (TPSA) is 93.2 Å². The molecule has 1 heterocycles. The molecule has 0 aliphatic carbocycles. The van der Waals surface area contributed by atoms with Gasteiger partial charge >= 0.3 is 5.97 Å². The van der Waals surface area contributed by atoms with Crippen molar-refractivity contribution >= 4 is 23.7 Å². The van der Waals surface area contributed by atoms with Gasteiger partial charge in [-0.1, -0.05) is 12.1 Å². The Morgan fingerprint density at radius 2 is 1.63 bits per heavy atom. The predicted molar refractivity (Wildman–Crippen MR) is 96.1 cm³/mol. The van der Waals surface area contributed by atoms with Crippen LogP contribution >= 0.6 is 0 Å². The van der Waals surface area contributed by atoms with E-state index in [2.05, 4.69) is 4.74 Å². The van der Waals surface area contributed by atoms with E-state index in [9.17, 15) is 19.2 Å². The van der Waals surface area contributed by atoms with E-state index in [0.29, 0.717) is 30.7 Å². The molecule has 0 radical (unpaired) electrons. The van der Waals surface area contributed by atoms with Crippen molar-refractivity contribution < 1.29 is 28.7 Å². The molecule has 0 saturated carbocycles. The van der Waals surface area contributed by atoms with E-state index in [1.54, 1.807) is 24.3 Å². The average Bonchev–Trinajstić information content (AvgIpc) is 2.92. The van der Waals surface area contributed by atoms with Crippen LogP contribution in [0.3, 0.4) is 0 Å². The first-order chi connectivity index (χ1) is 13.0. The van der Waals surface area contributed by atoms with Crippen LogP contribution < -0.4 is 0 Å². The molecule has 0 fully saturated rings. The van der Waals surface area contributed by atoms with Crippen molar-refractivity contribution in [2.75, 3.05) is 40.5 Å². The maximum atomic E-state index is 12.4. The molecule has 8 heteroatoms. The molecular weight excluding hydrogens is 352 g/mol. The molecule has 0 saturated heterocycles. The first-order valence-electron chi connectivity index (χ1n) is 8.78. The number of ether oxygens (including phenoxy) is 2. The van der Waals surface area contributed by atoms with Crippen LogP contribution in [0.4, 0.5) is 0 Å². The van der Waals surface area contributed by atoms with Gasteiger partial charge < -0.3 is 14.4 Å². The van der Waals surface area contributed by atoms with Crippen molar-refractivity contribution in [3.8, 4) is 0 Å². The monoisotopic (exact) mass is 376 g/mol. The summed E-state index contributed by atoms with van der Waals surface area (Å²) in [7, 11) is 2.83. The van der Waals surface area contributed by atoms with Crippen molar-refractivity contribution in [3.05, 3.63) is 35.4 Å². The zero-order valence-corrected chi connectivity index (χ0v) is 15.6. The number of hydrogen-bond acceptors (Lipinski definition) is 6. The van der Waals surface area contributed by atoms with E-state index in [4.69, 9.17) is 4.74 Å². The van der Waals surface area contributed by atoms with Crippen LogP contribution in [0.5, 0.6) is 0 Å². The molecule has 3 amide bonds. The highest BCUT2D eigenvalue weighted by Gasteiger charge is 2.34. The van der Waals surface area contributed by atoms with Gasteiger partial charge in [0.05, 0.1) is 31.3 Å². The Labute approximate surface area is 158 Å². The summed E-state index contributed by atoms with van der Waals surface area (Å²) >= 11 is 0. The number of carbonyl (C=O) groups excluding carboxylic acids is 4. The summed E-state index contributed by atoms with van der Waals surface area (Å²) in [5.41, 5.74) is 0.794. The number of benzene rings is 1. The molecule has 27 heavy (non-hydrogen) atoms. The zero-order valence-electron chi connectivity index (χ0n) is 15.6. The van der Waals surface area contributed by atoms with E-state index in [-0.39, 0.29) is 43.7 Å². The summed E-state index contributed by atoms with van der Waals surface area (Å²) in [6.07, 6.45) is 0.620. The van der Waals surface area contributed by atoms with E-state index in [1.165, 1.54) is 24.0 Å². The van der Waals surface area contributed by atoms with Gasteiger partial charge in [-0.2, -0.15) is 0 Å². The minimum Gasteiger partial charge on any atom is -0.469 e. The van der Waals surface area contributed by atoms with Crippen LogP contribution in [0.1, 0.15) is 40.0 Å². The fourth-order valence-corrected chi connectivity index (χ4v) is 2.88. The molecule has 0 aromatic heterocycles. The standard InChI is InChI=1S/C19H24N2O6/c1-26-13-12-20(11-9-17(23)27-2)16(22)8-5-10-21-18(24)14-6-3-4-7-15(14)19(21)25/h3-4,6-7H,5,8-13H2,1-2H3. The third-order valence-corrected chi connectivity index (χ3v) is 4.38. The summed E-state index contributed by atoms with van der Waals surface area (Å²) in [5, 5.41) is 0. The molecule has 0 bridgehead atoms. The number of nitrogens with zero attached hydrogens (tertiary/aromatic N) is 2.